The Kier molecular flexibility index (Phi) is 10.1. The zero-order valence-electron chi connectivity index (χ0n) is 15.4. The van der Waals surface area contributed by atoms with Crippen LogP contribution in [0.5, 0.6) is 0 Å². The summed E-state index contributed by atoms with van der Waals surface area (Å²) in [6, 6.07) is 0. The molecule has 0 saturated carbocycles. The van der Waals surface area contributed by atoms with Gasteiger partial charge in [-0.2, -0.15) is 26.3 Å². The van der Waals surface area contributed by atoms with Gasteiger partial charge >= 0.3 is 11.0 Å². The van der Waals surface area contributed by atoms with Crippen molar-refractivity contribution in [1.29, 1.82) is 0 Å². The summed E-state index contributed by atoms with van der Waals surface area (Å²) in [5.74, 6) is 1.30. The molecule has 0 atom stereocenters. The Hall–Kier alpha value is -1.39. The Labute approximate surface area is 164 Å². The zero-order chi connectivity index (χ0) is 23.1. The van der Waals surface area contributed by atoms with Gasteiger partial charge < -0.3 is 9.23 Å². The molecule has 29 heavy (non-hydrogen) atoms. The summed E-state index contributed by atoms with van der Waals surface area (Å²) in [6.07, 6.45) is 8.71. The van der Waals surface area contributed by atoms with Gasteiger partial charge in [0.15, 0.2) is 20.0 Å². The molecule has 0 spiro atoms. The number of aliphatic hydroxyl groups excluding tert-OH is 1. The minimum Gasteiger partial charge on any atom is -0.421 e. The summed E-state index contributed by atoms with van der Waals surface area (Å²) in [4.78, 5) is 0. The lowest BCUT2D eigenvalue weighted by Crippen LogP contribution is -2.30. The molecule has 1 aromatic heterocycles. The third-order valence-electron chi connectivity index (χ3n) is 3.48. The third kappa shape index (κ3) is 8.88. The van der Waals surface area contributed by atoms with Gasteiger partial charge in [0.1, 0.15) is 12.4 Å². The highest BCUT2D eigenvalue weighted by Crippen LogP contribution is 2.36. The van der Waals surface area contributed by atoms with E-state index in [2.05, 4.69) is 35.5 Å². The van der Waals surface area contributed by atoms with Gasteiger partial charge in [-0.3, -0.25) is 0 Å². The van der Waals surface area contributed by atoms with E-state index in [1.807, 2.05) is 0 Å². The highest BCUT2D eigenvalue weighted by atomic mass is 32.3. The summed E-state index contributed by atoms with van der Waals surface area (Å²) >= 11 is 0. The summed E-state index contributed by atoms with van der Waals surface area (Å²) < 4.78 is 114. The van der Waals surface area contributed by atoms with Gasteiger partial charge in [-0.05, 0) is 19.3 Å². The first-order chi connectivity index (χ1) is 13.0. The zero-order valence-corrected chi connectivity index (χ0v) is 17.0. The molecule has 1 rings (SSSR count). The number of rotatable bonds is 8. The molecule has 172 valence electrons. The van der Waals surface area contributed by atoms with Crippen LogP contribution in [0.2, 0.25) is 0 Å². The van der Waals surface area contributed by atoms with Crippen molar-refractivity contribution in [3.8, 4) is 0 Å². The van der Waals surface area contributed by atoms with E-state index in [-0.39, 0.29) is 0 Å². The van der Waals surface area contributed by atoms with E-state index < -0.39 is 31.1 Å². The van der Waals surface area contributed by atoms with Crippen molar-refractivity contribution >= 4 is 20.0 Å². The standard InChI is InChI=1S/C11H21N2O.C2F6NO4S2/c1-11-12(2)8-9-13(11)7-5-3-4-6-10-14;3-1(4,5)14(10,11)9-15(12,13)2(6,7)8/h8-9,14H,3-7,10H2,1-2H3;/q+1;-1. The first-order valence-electron chi connectivity index (χ1n) is 7.95. The molecule has 0 aromatic carbocycles. The van der Waals surface area contributed by atoms with Gasteiger partial charge in [0.2, 0.25) is 0 Å². The number of hydrogen-bond acceptors (Lipinski definition) is 5. The number of sulfonamides is 2. The summed E-state index contributed by atoms with van der Waals surface area (Å²) in [6.45, 7) is 3.56. The Balaban J connectivity index is 0.000000541. The first-order valence-corrected chi connectivity index (χ1v) is 10.8. The predicted octanol–water partition coefficient (Wildman–Crippen LogP) is 2.23. The molecule has 0 aliphatic rings. The van der Waals surface area contributed by atoms with Crippen molar-refractivity contribution in [2.24, 2.45) is 7.05 Å². The molecule has 1 heterocycles. The van der Waals surface area contributed by atoms with E-state index >= 15 is 0 Å². The predicted molar refractivity (Wildman–Crippen MR) is 89.2 cm³/mol. The monoisotopic (exact) mass is 477 g/mol. The quantitative estimate of drug-likeness (QED) is 0.351. The van der Waals surface area contributed by atoms with Crippen molar-refractivity contribution in [2.75, 3.05) is 6.61 Å². The van der Waals surface area contributed by atoms with Crippen LogP contribution < -0.4 is 4.57 Å². The van der Waals surface area contributed by atoms with Crippen LogP contribution in [0.1, 0.15) is 31.5 Å². The van der Waals surface area contributed by atoms with Crippen LogP contribution in [0.15, 0.2) is 12.4 Å². The Morgan fingerprint density at radius 1 is 0.966 bits per heavy atom. The second-order valence-corrected chi connectivity index (χ2v) is 9.13. The maximum Gasteiger partial charge on any atom is 0.480 e. The number of aromatic nitrogens is 2. The molecule has 0 saturated heterocycles. The molecule has 0 aliphatic carbocycles. The molecule has 0 unspecified atom stereocenters. The van der Waals surface area contributed by atoms with Gasteiger partial charge in [-0.1, -0.05) is 6.42 Å². The number of halogens is 6. The van der Waals surface area contributed by atoms with Crippen molar-refractivity contribution in [3.05, 3.63) is 22.3 Å². The minimum absolute atomic E-state index is 0.331. The maximum absolute atomic E-state index is 11.4. The second kappa shape index (κ2) is 10.6. The van der Waals surface area contributed by atoms with Crippen LogP contribution in [0.25, 0.3) is 4.13 Å². The highest BCUT2D eigenvalue weighted by molar-refractivity contribution is 8.13. The van der Waals surface area contributed by atoms with Gasteiger partial charge in [-0.25, -0.2) is 26.0 Å². The average Bonchev–Trinajstić information content (AvgIpc) is 2.84. The number of aliphatic hydroxyl groups is 1. The number of imidazole rings is 1. The van der Waals surface area contributed by atoms with E-state index in [1.54, 1.807) is 0 Å². The molecule has 0 bridgehead atoms. The van der Waals surface area contributed by atoms with Crippen molar-refractivity contribution < 1.29 is 52.9 Å². The molecular weight excluding hydrogens is 456 g/mol. The fourth-order valence-corrected chi connectivity index (χ4v) is 3.51. The topological polar surface area (TPSA) is 111 Å². The van der Waals surface area contributed by atoms with Crippen LogP contribution in [0.4, 0.5) is 26.3 Å². The van der Waals surface area contributed by atoms with Crippen molar-refractivity contribution in [2.45, 2.75) is 50.2 Å². The molecule has 0 amide bonds. The van der Waals surface area contributed by atoms with Crippen LogP contribution in [0, 0.1) is 6.92 Å². The molecule has 0 radical (unpaired) electrons. The van der Waals surface area contributed by atoms with Gasteiger partial charge in [0, 0.05) is 13.5 Å². The fraction of sp³-hybridized carbons (Fsp3) is 0.769. The lowest BCUT2D eigenvalue weighted by molar-refractivity contribution is -0.677. The smallest absolute Gasteiger partial charge is 0.421 e. The highest BCUT2D eigenvalue weighted by Gasteiger charge is 2.46. The molecule has 0 aliphatic heterocycles. The SMILES string of the molecule is Cc1n(CCCCCCO)cc[n+]1C.O=S(=O)([N-]S(=O)(=O)C(F)(F)F)C(F)(F)F. The summed E-state index contributed by atoms with van der Waals surface area (Å²) in [5.41, 5.74) is -12.4. The van der Waals surface area contributed by atoms with Gasteiger partial charge in [-0.15, -0.1) is 0 Å². The van der Waals surface area contributed by atoms with Crippen molar-refractivity contribution in [3.63, 3.8) is 0 Å². The van der Waals surface area contributed by atoms with Crippen LogP contribution in [0.3, 0.4) is 0 Å². The lowest BCUT2D eigenvalue weighted by atomic mass is 10.2. The van der Waals surface area contributed by atoms with E-state index in [1.165, 1.54) is 18.7 Å². The normalized spacial score (nSPS) is 13.1. The van der Waals surface area contributed by atoms with E-state index in [9.17, 15) is 43.2 Å². The lowest BCUT2D eigenvalue weighted by Gasteiger charge is -2.22. The molecule has 1 aromatic rings. The second-order valence-electron chi connectivity index (χ2n) is 5.70. The number of alkyl halides is 6. The van der Waals surface area contributed by atoms with E-state index in [0.717, 1.165) is 23.5 Å². The first kappa shape index (κ1) is 27.6. The van der Waals surface area contributed by atoms with Gasteiger partial charge in [0.05, 0.1) is 13.6 Å². The largest absolute Gasteiger partial charge is 0.480 e. The summed E-state index contributed by atoms with van der Waals surface area (Å²) in [7, 11) is -11.4. The third-order valence-corrected chi connectivity index (χ3v) is 6.22. The number of aryl methyl sites for hydroxylation is 2. The Morgan fingerprint density at radius 2 is 1.41 bits per heavy atom. The van der Waals surface area contributed by atoms with Crippen LogP contribution in [-0.4, -0.2) is 44.1 Å². The summed E-state index contributed by atoms with van der Waals surface area (Å²) in [5, 5.41) is 8.62. The van der Waals surface area contributed by atoms with Crippen LogP contribution in [-0.2, 0) is 33.6 Å². The number of hydrogen-bond donors (Lipinski definition) is 1. The van der Waals surface area contributed by atoms with E-state index in [4.69, 9.17) is 5.11 Å². The molecular formula is C13H21F6N3O5S2. The van der Waals surface area contributed by atoms with Crippen LogP contribution >= 0.6 is 0 Å². The molecule has 8 nitrogen and oxygen atoms in total. The van der Waals surface area contributed by atoms with Gasteiger partial charge in [0.25, 0.3) is 5.82 Å². The molecule has 1 N–H and O–H groups in total. The Bertz CT molecular complexity index is 805. The van der Waals surface area contributed by atoms with E-state index in [0.29, 0.717) is 6.61 Å². The Morgan fingerprint density at radius 3 is 1.76 bits per heavy atom. The number of nitrogens with zero attached hydrogens (tertiary/aromatic N) is 3. The average molecular weight is 477 g/mol. The molecule has 16 heteroatoms. The maximum atomic E-state index is 11.4. The minimum atomic E-state index is -6.72. The fourth-order valence-electron chi connectivity index (χ4n) is 1.80. The molecule has 0 fully saturated rings. The number of unbranched alkanes of at least 4 members (excludes halogenated alkanes) is 3. The van der Waals surface area contributed by atoms with Crippen molar-refractivity contribution in [1.82, 2.24) is 4.57 Å².